The van der Waals surface area contributed by atoms with Crippen LogP contribution in [0.5, 0.6) is 0 Å². The normalized spacial score (nSPS) is 12.0. The molecule has 0 fully saturated rings. The molecule has 0 aliphatic rings. The van der Waals surface area contributed by atoms with E-state index < -0.39 is 22.5 Å². The van der Waals surface area contributed by atoms with Crippen molar-refractivity contribution in [3.8, 4) is 0 Å². The predicted octanol–water partition coefficient (Wildman–Crippen LogP) is 4.05. The van der Waals surface area contributed by atoms with E-state index in [4.69, 9.17) is 0 Å². The van der Waals surface area contributed by atoms with Crippen molar-refractivity contribution in [2.75, 3.05) is 0 Å². The molecule has 7 nitrogen and oxygen atoms in total. The van der Waals surface area contributed by atoms with E-state index in [1.54, 1.807) is 6.20 Å². The van der Waals surface area contributed by atoms with Crippen LogP contribution in [0, 0.1) is 10.1 Å². The highest BCUT2D eigenvalue weighted by molar-refractivity contribution is 5.83. The number of nitro groups is 1. The van der Waals surface area contributed by atoms with Gasteiger partial charge in [-0.3, -0.25) is 19.5 Å². The van der Waals surface area contributed by atoms with Crippen molar-refractivity contribution in [2.24, 2.45) is 0 Å². The summed E-state index contributed by atoms with van der Waals surface area (Å²) in [6, 6.07) is 10.3. The molecule has 148 valence electrons. The molecule has 0 saturated heterocycles. The lowest BCUT2D eigenvalue weighted by atomic mass is 10.1. The molecule has 0 atom stereocenters. The van der Waals surface area contributed by atoms with Gasteiger partial charge in [-0.05, 0) is 24.1 Å². The molecule has 2 aromatic heterocycles. The molecule has 2 heterocycles. The van der Waals surface area contributed by atoms with Gasteiger partial charge in [-0.25, -0.2) is 4.98 Å². The second-order valence-electron chi connectivity index (χ2n) is 6.46. The molecule has 0 unspecified atom stereocenters. The average molecular weight is 402 g/mol. The van der Waals surface area contributed by atoms with Gasteiger partial charge >= 0.3 is 6.18 Å². The molecule has 0 bridgehead atoms. The van der Waals surface area contributed by atoms with Crippen LogP contribution in [-0.2, 0) is 19.1 Å². The lowest BCUT2D eigenvalue weighted by Gasteiger charge is -2.15. The molecule has 29 heavy (non-hydrogen) atoms. The Labute approximate surface area is 160 Å². The minimum atomic E-state index is -4.85. The zero-order valence-corrected chi connectivity index (χ0v) is 14.7. The van der Waals surface area contributed by atoms with E-state index in [2.05, 4.69) is 9.97 Å². The predicted molar refractivity (Wildman–Crippen MR) is 99.7 cm³/mol. The van der Waals surface area contributed by atoms with Crippen LogP contribution in [0.3, 0.4) is 0 Å². The number of nitrogens with one attached hydrogen (secondary N) is 1. The van der Waals surface area contributed by atoms with Crippen LogP contribution in [-0.4, -0.2) is 19.5 Å². The van der Waals surface area contributed by atoms with Crippen LogP contribution in [0.2, 0.25) is 0 Å². The fourth-order valence-electron chi connectivity index (χ4n) is 3.32. The molecule has 4 aromatic rings. The van der Waals surface area contributed by atoms with Crippen LogP contribution in [0.15, 0.2) is 53.5 Å². The Morgan fingerprint density at radius 1 is 1.14 bits per heavy atom. The van der Waals surface area contributed by atoms with Gasteiger partial charge in [0.25, 0.3) is 11.2 Å². The number of H-pyrrole nitrogens is 1. The van der Waals surface area contributed by atoms with Gasteiger partial charge in [0.1, 0.15) is 0 Å². The first kappa shape index (κ1) is 18.7. The first-order valence-electron chi connectivity index (χ1n) is 8.57. The van der Waals surface area contributed by atoms with Crippen molar-refractivity contribution in [2.45, 2.75) is 19.1 Å². The zero-order valence-electron chi connectivity index (χ0n) is 14.7. The number of alkyl halides is 3. The number of non-ortho nitro benzene ring substituents is 1. The van der Waals surface area contributed by atoms with Crippen molar-refractivity contribution in [3.05, 3.63) is 80.5 Å². The molecule has 0 aliphatic heterocycles. The van der Waals surface area contributed by atoms with E-state index in [0.29, 0.717) is 4.57 Å². The third kappa shape index (κ3) is 3.33. The first-order chi connectivity index (χ1) is 13.8. The number of para-hydroxylation sites is 1. The van der Waals surface area contributed by atoms with Crippen molar-refractivity contribution in [1.29, 1.82) is 0 Å². The summed E-state index contributed by atoms with van der Waals surface area (Å²) in [5.41, 5.74) is -0.0145. The fourth-order valence-corrected chi connectivity index (χ4v) is 3.32. The standard InChI is InChI=1S/C19H13F3N4O3/c20-19(21,22)18-24-16-6-5-12(26(28)29)9-14(16)17(27)25(18)8-7-11-10-23-15-4-2-1-3-13(11)15/h1-6,9-10,23H,7-8H2. The molecule has 0 amide bonds. The number of nitro benzene ring substituents is 1. The van der Waals surface area contributed by atoms with Gasteiger partial charge in [0, 0.05) is 35.8 Å². The van der Waals surface area contributed by atoms with Crippen LogP contribution >= 0.6 is 0 Å². The Hall–Kier alpha value is -3.69. The number of fused-ring (bicyclic) bond motifs is 2. The fraction of sp³-hybridized carbons (Fsp3) is 0.158. The average Bonchev–Trinajstić information content (AvgIpc) is 3.09. The maximum absolute atomic E-state index is 13.5. The summed E-state index contributed by atoms with van der Waals surface area (Å²) in [5.74, 6) is -1.33. The van der Waals surface area contributed by atoms with Gasteiger partial charge in [0.05, 0.1) is 15.8 Å². The second kappa shape index (κ2) is 6.73. The molecular weight excluding hydrogens is 389 g/mol. The summed E-state index contributed by atoms with van der Waals surface area (Å²) in [5, 5.41) is 11.6. The smallest absolute Gasteiger partial charge is 0.361 e. The summed E-state index contributed by atoms with van der Waals surface area (Å²) in [4.78, 5) is 29.6. The van der Waals surface area contributed by atoms with E-state index in [9.17, 15) is 28.1 Å². The minimum absolute atomic E-state index is 0.148. The monoisotopic (exact) mass is 402 g/mol. The lowest BCUT2D eigenvalue weighted by molar-refractivity contribution is -0.384. The number of rotatable bonds is 4. The molecule has 1 N–H and O–H groups in total. The van der Waals surface area contributed by atoms with Crippen LogP contribution in [0.1, 0.15) is 11.4 Å². The molecule has 2 aromatic carbocycles. The minimum Gasteiger partial charge on any atom is -0.361 e. The van der Waals surface area contributed by atoms with E-state index >= 15 is 0 Å². The van der Waals surface area contributed by atoms with Crippen LogP contribution in [0.25, 0.3) is 21.8 Å². The van der Waals surface area contributed by atoms with Gasteiger partial charge in [-0.15, -0.1) is 0 Å². The molecule has 4 rings (SSSR count). The van der Waals surface area contributed by atoms with Crippen molar-refractivity contribution in [3.63, 3.8) is 0 Å². The topological polar surface area (TPSA) is 93.8 Å². The van der Waals surface area contributed by atoms with Crippen molar-refractivity contribution < 1.29 is 18.1 Å². The molecule has 0 radical (unpaired) electrons. The molecule has 0 spiro atoms. The van der Waals surface area contributed by atoms with E-state index in [-0.39, 0.29) is 29.6 Å². The highest BCUT2D eigenvalue weighted by atomic mass is 19.4. The zero-order chi connectivity index (χ0) is 20.8. The van der Waals surface area contributed by atoms with E-state index in [1.807, 2.05) is 24.3 Å². The SMILES string of the molecule is O=c1c2cc([N+](=O)[O-])ccc2nc(C(F)(F)F)n1CCc1c[nH]c2ccccc12. The summed E-state index contributed by atoms with van der Waals surface area (Å²) >= 11 is 0. The van der Waals surface area contributed by atoms with Crippen molar-refractivity contribution >= 4 is 27.5 Å². The van der Waals surface area contributed by atoms with Gasteiger partial charge in [0.2, 0.25) is 5.82 Å². The number of nitrogens with zero attached hydrogens (tertiary/aromatic N) is 3. The third-order valence-electron chi connectivity index (χ3n) is 4.68. The molecule has 0 aliphatic carbocycles. The summed E-state index contributed by atoms with van der Waals surface area (Å²) in [7, 11) is 0. The van der Waals surface area contributed by atoms with Gasteiger partial charge in [-0.1, -0.05) is 18.2 Å². The van der Waals surface area contributed by atoms with E-state index in [1.165, 1.54) is 0 Å². The summed E-state index contributed by atoms with van der Waals surface area (Å²) < 4.78 is 41.2. The number of aromatic nitrogens is 3. The van der Waals surface area contributed by atoms with Crippen molar-refractivity contribution in [1.82, 2.24) is 14.5 Å². The van der Waals surface area contributed by atoms with Crippen LogP contribution < -0.4 is 5.56 Å². The first-order valence-corrected chi connectivity index (χ1v) is 8.57. The lowest BCUT2D eigenvalue weighted by Crippen LogP contribution is -2.30. The maximum Gasteiger partial charge on any atom is 0.449 e. The Balaban J connectivity index is 1.83. The summed E-state index contributed by atoms with van der Waals surface area (Å²) in [6.07, 6.45) is -3.02. The molecule has 10 heteroatoms. The number of aromatic amines is 1. The molecule has 0 saturated carbocycles. The highest BCUT2D eigenvalue weighted by Gasteiger charge is 2.37. The highest BCUT2D eigenvalue weighted by Crippen LogP contribution is 2.29. The third-order valence-corrected chi connectivity index (χ3v) is 4.68. The number of hydrogen-bond donors (Lipinski definition) is 1. The van der Waals surface area contributed by atoms with Gasteiger partial charge in [-0.2, -0.15) is 13.2 Å². The Morgan fingerprint density at radius 3 is 2.62 bits per heavy atom. The maximum atomic E-state index is 13.5. The van der Waals surface area contributed by atoms with Gasteiger partial charge < -0.3 is 4.98 Å². The Bertz CT molecular complexity index is 1310. The number of benzene rings is 2. The van der Waals surface area contributed by atoms with E-state index in [0.717, 1.165) is 34.7 Å². The largest absolute Gasteiger partial charge is 0.449 e. The molecular formula is C19H13F3N4O3. The number of halogens is 3. The van der Waals surface area contributed by atoms with Gasteiger partial charge in [0.15, 0.2) is 0 Å². The van der Waals surface area contributed by atoms with Crippen LogP contribution in [0.4, 0.5) is 18.9 Å². The quantitative estimate of drug-likeness (QED) is 0.412. The Kier molecular flexibility index (Phi) is 4.33. The number of aryl methyl sites for hydroxylation is 1. The summed E-state index contributed by atoms with van der Waals surface area (Å²) in [6.45, 7) is -0.277. The number of hydrogen-bond acceptors (Lipinski definition) is 4. The second-order valence-corrected chi connectivity index (χ2v) is 6.46. The Morgan fingerprint density at radius 2 is 1.90 bits per heavy atom.